The van der Waals surface area contributed by atoms with E-state index in [2.05, 4.69) is 0 Å². The summed E-state index contributed by atoms with van der Waals surface area (Å²) in [7, 11) is 0. The van der Waals surface area contributed by atoms with Gasteiger partial charge in [0.25, 0.3) is 0 Å². The third-order valence-electron chi connectivity index (χ3n) is 4.81. The predicted octanol–water partition coefficient (Wildman–Crippen LogP) is 4.59. The molecule has 4 nitrogen and oxygen atoms in total. The number of nitrogens with zero attached hydrogens (tertiary/aromatic N) is 2. The lowest BCUT2D eigenvalue weighted by atomic mass is 10.2. The molecule has 1 atom stereocenters. The number of halogens is 2. The largest absolute Gasteiger partial charge is 0.332 e. The number of carbonyl (C=O) groups is 2. The van der Waals surface area contributed by atoms with Gasteiger partial charge in [-0.2, -0.15) is 0 Å². The lowest BCUT2D eigenvalue weighted by Gasteiger charge is -2.31. The molecular formula is C21H26ClFN2O2S. The highest BCUT2D eigenvalue weighted by atomic mass is 35.5. The number of alkyl halides is 1. The number of amides is 2. The van der Waals surface area contributed by atoms with Crippen molar-refractivity contribution in [3.05, 3.63) is 57.5 Å². The highest BCUT2D eigenvalue weighted by Crippen LogP contribution is 2.20. The molecule has 0 radical (unpaired) electrons. The minimum absolute atomic E-state index is 0.0216. The van der Waals surface area contributed by atoms with E-state index in [9.17, 15) is 14.0 Å². The standard InChI is InChI=1S/C21H26ClFN2O2S/c1-4-16(3)25(20(26)11-22)14-21(27)24(13-19-15(2)9-10-28-19)12-17-5-7-18(23)8-6-17/h5-10,16H,4,11-14H2,1-3H3. The molecule has 0 fully saturated rings. The van der Waals surface area contributed by atoms with Gasteiger partial charge in [0.05, 0.1) is 6.54 Å². The molecule has 28 heavy (non-hydrogen) atoms. The summed E-state index contributed by atoms with van der Waals surface area (Å²) in [5, 5.41) is 1.99. The molecule has 0 aliphatic heterocycles. The molecule has 1 aromatic heterocycles. The van der Waals surface area contributed by atoms with Gasteiger partial charge in [0.1, 0.15) is 18.2 Å². The summed E-state index contributed by atoms with van der Waals surface area (Å²) in [4.78, 5) is 29.7. The first-order valence-corrected chi connectivity index (χ1v) is 10.7. The summed E-state index contributed by atoms with van der Waals surface area (Å²) in [6.45, 7) is 6.66. The van der Waals surface area contributed by atoms with Crippen molar-refractivity contribution < 1.29 is 14.0 Å². The van der Waals surface area contributed by atoms with Gasteiger partial charge < -0.3 is 9.80 Å². The van der Waals surface area contributed by atoms with Crippen molar-refractivity contribution in [1.29, 1.82) is 0 Å². The first-order valence-electron chi connectivity index (χ1n) is 9.26. The first-order chi connectivity index (χ1) is 13.3. The minimum Gasteiger partial charge on any atom is -0.332 e. The third kappa shape index (κ3) is 6.04. The van der Waals surface area contributed by atoms with Crippen LogP contribution in [0.25, 0.3) is 0 Å². The summed E-state index contributed by atoms with van der Waals surface area (Å²) < 4.78 is 13.2. The van der Waals surface area contributed by atoms with E-state index in [1.807, 2.05) is 32.2 Å². The molecule has 2 rings (SSSR count). The lowest BCUT2D eigenvalue weighted by molar-refractivity contribution is -0.141. The molecule has 0 aliphatic carbocycles. The quantitative estimate of drug-likeness (QED) is 0.552. The van der Waals surface area contributed by atoms with Crippen molar-refractivity contribution in [1.82, 2.24) is 9.80 Å². The van der Waals surface area contributed by atoms with Crippen molar-refractivity contribution in [2.24, 2.45) is 0 Å². The maximum absolute atomic E-state index is 13.2. The van der Waals surface area contributed by atoms with E-state index >= 15 is 0 Å². The van der Waals surface area contributed by atoms with Crippen molar-refractivity contribution >= 4 is 34.8 Å². The Hall–Kier alpha value is -1.92. The molecule has 0 aliphatic rings. The normalized spacial score (nSPS) is 11.9. The van der Waals surface area contributed by atoms with Crippen LogP contribution >= 0.6 is 22.9 Å². The molecule has 2 amide bonds. The van der Waals surface area contributed by atoms with Gasteiger partial charge in [-0.3, -0.25) is 9.59 Å². The van der Waals surface area contributed by atoms with E-state index in [1.165, 1.54) is 17.0 Å². The summed E-state index contributed by atoms with van der Waals surface area (Å²) in [5.41, 5.74) is 1.96. The molecule has 7 heteroatoms. The SMILES string of the molecule is CCC(C)N(CC(=O)N(Cc1ccc(F)cc1)Cc1sccc1C)C(=O)CCl. The van der Waals surface area contributed by atoms with Crippen LogP contribution in [0.5, 0.6) is 0 Å². The van der Waals surface area contributed by atoms with Gasteiger partial charge in [0.15, 0.2) is 0 Å². The van der Waals surface area contributed by atoms with Gasteiger partial charge in [-0.1, -0.05) is 19.1 Å². The average molecular weight is 425 g/mol. The van der Waals surface area contributed by atoms with E-state index in [0.717, 1.165) is 22.4 Å². The molecule has 0 bridgehead atoms. The highest BCUT2D eigenvalue weighted by Gasteiger charge is 2.25. The number of hydrogen-bond acceptors (Lipinski definition) is 3. The fourth-order valence-corrected chi connectivity index (χ4v) is 3.89. The van der Waals surface area contributed by atoms with Gasteiger partial charge in [-0.15, -0.1) is 22.9 Å². The number of benzene rings is 1. The second-order valence-corrected chi connectivity index (χ2v) is 8.08. The maximum Gasteiger partial charge on any atom is 0.242 e. The van der Waals surface area contributed by atoms with Crippen LogP contribution in [-0.4, -0.2) is 40.1 Å². The topological polar surface area (TPSA) is 40.6 Å². The molecule has 1 aromatic carbocycles. The zero-order valence-corrected chi connectivity index (χ0v) is 18.0. The van der Waals surface area contributed by atoms with Crippen LogP contribution in [0, 0.1) is 12.7 Å². The van der Waals surface area contributed by atoms with Crippen molar-refractivity contribution in [3.63, 3.8) is 0 Å². The van der Waals surface area contributed by atoms with E-state index in [-0.39, 0.29) is 36.1 Å². The highest BCUT2D eigenvalue weighted by molar-refractivity contribution is 7.10. The molecular weight excluding hydrogens is 399 g/mol. The molecule has 0 saturated heterocycles. The van der Waals surface area contributed by atoms with E-state index in [0.29, 0.717) is 13.1 Å². The fraction of sp³-hybridized carbons (Fsp3) is 0.429. The summed E-state index contributed by atoms with van der Waals surface area (Å²) in [5.74, 6) is -0.875. The Morgan fingerprint density at radius 3 is 2.36 bits per heavy atom. The number of thiophene rings is 1. The number of aryl methyl sites for hydroxylation is 1. The smallest absolute Gasteiger partial charge is 0.242 e. The molecule has 0 spiro atoms. The first kappa shape index (κ1) is 22.4. The Kier molecular flexibility index (Phi) is 8.45. The summed E-state index contributed by atoms with van der Waals surface area (Å²) in [6.07, 6.45) is 0.734. The third-order valence-corrected chi connectivity index (χ3v) is 6.04. The fourth-order valence-electron chi connectivity index (χ4n) is 2.81. The lowest BCUT2D eigenvalue weighted by Crippen LogP contribution is -2.46. The number of carbonyl (C=O) groups excluding carboxylic acids is 2. The van der Waals surface area contributed by atoms with Crippen LogP contribution in [0.1, 0.15) is 36.3 Å². The van der Waals surface area contributed by atoms with Crippen LogP contribution in [-0.2, 0) is 22.7 Å². The Morgan fingerprint density at radius 2 is 1.82 bits per heavy atom. The Morgan fingerprint density at radius 1 is 1.14 bits per heavy atom. The van der Waals surface area contributed by atoms with Gasteiger partial charge >= 0.3 is 0 Å². The monoisotopic (exact) mass is 424 g/mol. The van der Waals surface area contributed by atoms with Gasteiger partial charge in [0, 0.05) is 17.5 Å². The van der Waals surface area contributed by atoms with E-state index in [4.69, 9.17) is 11.6 Å². The van der Waals surface area contributed by atoms with E-state index < -0.39 is 0 Å². The second-order valence-electron chi connectivity index (χ2n) is 6.82. The van der Waals surface area contributed by atoms with Gasteiger partial charge in [0.2, 0.25) is 11.8 Å². The van der Waals surface area contributed by atoms with Crippen LogP contribution in [0.3, 0.4) is 0 Å². The van der Waals surface area contributed by atoms with Crippen molar-refractivity contribution in [3.8, 4) is 0 Å². The number of hydrogen-bond donors (Lipinski definition) is 0. The minimum atomic E-state index is -0.314. The van der Waals surface area contributed by atoms with Crippen LogP contribution in [0.15, 0.2) is 35.7 Å². The van der Waals surface area contributed by atoms with Gasteiger partial charge in [-0.25, -0.2) is 4.39 Å². The second kappa shape index (κ2) is 10.6. The van der Waals surface area contributed by atoms with Crippen molar-refractivity contribution in [2.75, 3.05) is 12.4 Å². The van der Waals surface area contributed by atoms with Crippen molar-refractivity contribution in [2.45, 2.75) is 46.3 Å². The van der Waals surface area contributed by atoms with Crippen LogP contribution in [0.4, 0.5) is 4.39 Å². The zero-order chi connectivity index (χ0) is 20.7. The van der Waals surface area contributed by atoms with Gasteiger partial charge in [-0.05, 0) is 55.0 Å². The molecule has 2 aromatic rings. The molecule has 152 valence electrons. The number of rotatable bonds is 9. The Bertz CT molecular complexity index is 794. The predicted molar refractivity (Wildman–Crippen MR) is 112 cm³/mol. The maximum atomic E-state index is 13.2. The molecule has 1 unspecified atom stereocenters. The molecule has 0 saturated carbocycles. The van der Waals surface area contributed by atoms with Crippen LogP contribution in [0.2, 0.25) is 0 Å². The summed E-state index contributed by atoms with van der Waals surface area (Å²) >= 11 is 7.33. The average Bonchev–Trinajstić information content (AvgIpc) is 3.10. The van der Waals surface area contributed by atoms with Crippen LogP contribution < -0.4 is 0 Å². The zero-order valence-electron chi connectivity index (χ0n) is 16.5. The Balaban J connectivity index is 2.22. The van der Waals surface area contributed by atoms with E-state index in [1.54, 1.807) is 28.4 Å². The molecule has 1 heterocycles. The Labute approximate surface area is 174 Å². The summed E-state index contributed by atoms with van der Waals surface area (Å²) in [6, 6.07) is 8.06. The molecule has 0 N–H and O–H groups in total.